The maximum absolute atomic E-state index is 14.8. The van der Waals surface area contributed by atoms with Gasteiger partial charge >= 0.3 is 0 Å². The lowest BCUT2D eigenvalue weighted by Crippen LogP contribution is -2.39. The number of aldehydes is 1. The summed E-state index contributed by atoms with van der Waals surface area (Å²) in [6.07, 6.45) is 5.98. The van der Waals surface area contributed by atoms with Crippen molar-refractivity contribution in [2.45, 2.75) is 44.8 Å². The third-order valence-corrected chi connectivity index (χ3v) is 6.12. The van der Waals surface area contributed by atoms with Gasteiger partial charge in [-0.3, -0.25) is 14.9 Å². The quantitative estimate of drug-likeness (QED) is 0.701. The zero-order valence-electron chi connectivity index (χ0n) is 15.7. The van der Waals surface area contributed by atoms with Crippen LogP contribution in [0.1, 0.15) is 42.3 Å². The molecule has 0 spiro atoms. The van der Waals surface area contributed by atoms with Gasteiger partial charge in [0.1, 0.15) is 12.1 Å². The van der Waals surface area contributed by atoms with E-state index in [1.54, 1.807) is 12.3 Å². The van der Waals surface area contributed by atoms with Gasteiger partial charge in [-0.2, -0.15) is 0 Å². The molecule has 1 saturated carbocycles. The van der Waals surface area contributed by atoms with Crippen LogP contribution < -0.4 is 5.73 Å². The Labute approximate surface area is 162 Å². The predicted molar refractivity (Wildman–Crippen MR) is 106 cm³/mol. The molecule has 5 rings (SSSR count). The van der Waals surface area contributed by atoms with Crippen molar-refractivity contribution in [3.63, 3.8) is 0 Å². The molecule has 28 heavy (non-hydrogen) atoms. The summed E-state index contributed by atoms with van der Waals surface area (Å²) in [7, 11) is 0. The molecule has 0 bridgehead atoms. The summed E-state index contributed by atoms with van der Waals surface area (Å²) in [5.41, 5.74) is 11.1. The lowest BCUT2D eigenvalue weighted by Gasteiger charge is -2.36. The number of aryl methyl sites for hydroxylation is 1. The molecule has 1 fully saturated rings. The Morgan fingerprint density at radius 2 is 2.07 bits per heavy atom. The Bertz CT molecular complexity index is 1090. The number of nitrogen functional groups attached to an aromatic ring is 1. The van der Waals surface area contributed by atoms with Crippen molar-refractivity contribution in [1.82, 2.24) is 14.9 Å². The van der Waals surface area contributed by atoms with E-state index in [-0.39, 0.29) is 11.9 Å². The van der Waals surface area contributed by atoms with E-state index >= 15 is 0 Å². The van der Waals surface area contributed by atoms with Crippen LogP contribution in [-0.4, -0.2) is 27.2 Å². The van der Waals surface area contributed by atoms with Crippen LogP contribution >= 0.6 is 0 Å². The van der Waals surface area contributed by atoms with Gasteiger partial charge in [-0.05, 0) is 38.0 Å². The van der Waals surface area contributed by atoms with Gasteiger partial charge in [0.25, 0.3) is 0 Å². The maximum atomic E-state index is 14.8. The van der Waals surface area contributed by atoms with Gasteiger partial charge in [0.05, 0.1) is 17.3 Å². The van der Waals surface area contributed by atoms with Crippen molar-refractivity contribution < 1.29 is 9.18 Å². The highest BCUT2D eigenvalue weighted by Crippen LogP contribution is 2.44. The fourth-order valence-electron chi connectivity index (χ4n) is 4.39. The van der Waals surface area contributed by atoms with Gasteiger partial charge in [-0.1, -0.05) is 12.5 Å². The van der Waals surface area contributed by atoms with E-state index in [1.807, 2.05) is 19.1 Å². The normalized spacial score (nSPS) is 19.6. The first-order chi connectivity index (χ1) is 13.6. The largest absolute Gasteiger partial charge is 0.398 e. The van der Waals surface area contributed by atoms with Crippen LogP contribution in [0.25, 0.3) is 22.0 Å². The van der Waals surface area contributed by atoms with Crippen molar-refractivity contribution in [2.75, 3.05) is 5.73 Å². The summed E-state index contributed by atoms with van der Waals surface area (Å²) < 4.78 is 14.8. The first-order valence-corrected chi connectivity index (χ1v) is 9.63. The molecular weight excluding hydrogens is 355 g/mol. The number of rotatable bonds is 3. The van der Waals surface area contributed by atoms with Gasteiger partial charge in [-0.25, -0.2) is 4.39 Å². The lowest BCUT2D eigenvalue weighted by atomic mass is 9.90. The van der Waals surface area contributed by atoms with E-state index in [4.69, 9.17) is 10.7 Å². The number of anilines is 1. The second-order valence-electron chi connectivity index (χ2n) is 7.73. The number of aromatic nitrogens is 2. The van der Waals surface area contributed by atoms with Crippen molar-refractivity contribution in [1.29, 1.82) is 0 Å². The highest BCUT2D eigenvalue weighted by Gasteiger charge is 2.40. The zero-order chi connectivity index (χ0) is 19.4. The number of benzene rings is 1. The summed E-state index contributed by atoms with van der Waals surface area (Å²) in [5, 5.41) is 0.679. The van der Waals surface area contributed by atoms with Crippen molar-refractivity contribution in [2.24, 2.45) is 0 Å². The topological polar surface area (TPSA) is 72.1 Å². The number of hydrogen-bond acceptors (Lipinski definition) is 5. The molecule has 1 atom stereocenters. The first kappa shape index (κ1) is 17.3. The minimum Gasteiger partial charge on any atom is -0.398 e. The molecule has 142 valence electrons. The Hall–Kier alpha value is -2.86. The molecular formula is C22H21FN4O. The van der Waals surface area contributed by atoms with Crippen LogP contribution in [0.4, 0.5) is 10.1 Å². The predicted octanol–water partition coefficient (Wildman–Crippen LogP) is 3.93. The van der Waals surface area contributed by atoms with Crippen LogP contribution in [0.15, 0.2) is 30.5 Å². The van der Waals surface area contributed by atoms with E-state index in [2.05, 4.69) is 9.88 Å². The fraction of sp³-hybridized carbons (Fsp3) is 0.318. The van der Waals surface area contributed by atoms with E-state index in [0.717, 1.165) is 36.1 Å². The van der Waals surface area contributed by atoms with Gasteiger partial charge in [0.15, 0.2) is 0 Å². The second-order valence-corrected chi connectivity index (χ2v) is 7.73. The van der Waals surface area contributed by atoms with Crippen LogP contribution in [0.3, 0.4) is 0 Å². The number of hydrogen-bond donors (Lipinski definition) is 1. The van der Waals surface area contributed by atoms with E-state index in [1.165, 1.54) is 12.5 Å². The smallest absolute Gasteiger partial charge is 0.141 e. The van der Waals surface area contributed by atoms with Crippen molar-refractivity contribution in [3.8, 4) is 11.1 Å². The standard InChI is InChI=1S/C22H21FN4O/c1-12-5-6-13(9-25-12)19-16(23)8-7-15-21(24)20-17(26-22(15)19)10-27(18(20)11-28)14-3-2-4-14/h5-9,11,14,18H,2-4,10H2,1H3,(H2,24,26). The molecule has 3 heterocycles. The highest BCUT2D eigenvalue weighted by molar-refractivity contribution is 6.02. The molecule has 2 aromatic heterocycles. The third-order valence-electron chi connectivity index (χ3n) is 6.12. The molecule has 1 unspecified atom stereocenters. The first-order valence-electron chi connectivity index (χ1n) is 9.63. The number of nitrogens with zero attached hydrogens (tertiary/aromatic N) is 3. The molecule has 3 aromatic rings. The number of fused-ring (bicyclic) bond motifs is 2. The van der Waals surface area contributed by atoms with Gasteiger partial charge in [-0.15, -0.1) is 0 Å². The maximum Gasteiger partial charge on any atom is 0.141 e. The molecule has 2 N–H and O–H groups in total. The van der Waals surface area contributed by atoms with Crippen LogP contribution in [0.2, 0.25) is 0 Å². The van der Waals surface area contributed by atoms with Gasteiger partial charge < -0.3 is 10.5 Å². The van der Waals surface area contributed by atoms with E-state index in [0.29, 0.717) is 40.3 Å². The molecule has 2 aliphatic rings. The molecule has 0 saturated heterocycles. The van der Waals surface area contributed by atoms with Crippen LogP contribution in [0.5, 0.6) is 0 Å². The average Bonchev–Trinajstić information content (AvgIpc) is 2.99. The minimum absolute atomic E-state index is 0.356. The molecule has 0 radical (unpaired) electrons. The summed E-state index contributed by atoms with van der Waals surface area (Å²) in [5.74, 6) is -0.356. The molecule has 1 aromatic carbocycles. The third kappa shape index (κ3) is 2.44. The Balaban J connectivity index is 1.73. The molecule has 0 amide bonds. The molecule has 1 aliphatic carbocycles. The van der Waals surface area contributed by atoms with Crippen LogP contribution in [0, 0.1) is 12.7 Å². The Kier molecular flexibility index (Phi) is 3.91. The average molecular weight is 376 g/mol. The number of carbonyl (C=O) groups excluding carboxylic acids is 1. The van der Waals surface area contributed by atoms with Crippen molar-refractivity contribution in [3.05, 3.63) is 53.2 Å². The highest BCUT2D eigenvalue weighted by atomic mass is 19.1. The van der Waals surface area contributed by atoms with Gasteiger partial charge in [0.2, 0.25) is 0 Å². The Morgan fingerprint density at radius 1 is 1.25 bits per heavy atom. The van der Waals surface area contributed by atoms with Crippen molar-refractivity contribution >= 4 is 22.9 Å². The second kappa shape index (κ2) is 6.34. The Morgan fingerprint density at radius 3 is 2.71 bits per heavy atom. The van der Waals surface area contributed by atoms with Crippen LogP contribution in [-0.2, 0) is 11.3 Å². The number of carbonyl (C=O) groups is 1. The van der Waals surface area contributed by atoms with E-state index in [9.17, 15) is 9.18 Å². The summed E-state index contributed by atoms with van der Waals surface area (Å²) in [6, 6.07) is 6.80. The summed E-state index contributed by atoms with van der Waals surface area (Å²) >= 11 is 0. The minimum atomic E-state index is -0.369. The summed E-state index contributed by atoms with van der Waals surface area (Å²) in [4.78, 5) is 23.2. The molecule has 6 heteroatoms. The number of halogens is 1. The number of pyridine rings is 2. The fourth-order valence-corrected chi connectivity index (χ4v) is 4.39. The monoisotopic (exact) mass is 376 g/mol. The summed E-state index contributed by atoms with van der Waals surface area (Å²) in [6.45, 7) is 2.46. The lowest BCUT2D eigenvalue weighted by molar-refractivity contribution is -0.113. The zero-order valence-corrected chi connectivity index (χ0v) is 15.7. The molecule has 5 nitrogen and oxygen atoms in total. The van der Waals surface area contributed by atoms with E-state index < -0.39 is 0 Å². The SMILES string of the molecule is Cc1ccc(-c2c(F)ccc3c(N)c4c(nc23)CN(C2CCC2)C4C=O)cn1. The molecule has 1 aliphatic heterocycles. The number of nitrogens with two attached hydrogens (primary N) is 1. The van der Waals surface area contributed by atoms with Gasteiger partial charge in [0, 0.05) is 52.2 Å².